The molecule has 0 spiro atoms. The zero-order chi connectivity index (χ0) is 14.5. The van der Waals surface area contributed by atoms with E-state index in [1.807, 2.05) is 0 Å². The summed E-state index contributed by atoms with van der Waals surface area (Å²) < 4.78 is 5.01. The van der Waals surface area contributed by atoms with Gasteiger partial charge in [0.1, 0.15) is 0 Å². The lowest BCUT2D eigenvalue weighted by molar-refractivity contribution is 0.104. The molecule has 4 heteroatoms. The fraction of sp³-hybridized carbons (Fsp3) is 0.0625. The fourth-order valence-corrected chi connectivity index (χ4v) is 1.76. The van der Waals surface area contributed by atoms with Crippen LogP contribution in [-0.2, 0) is 0 Å². The zero-order valence-corrected chi connectivity index (χ0v) is 11.0. The van der Waals surface area contributed by atoms with Crippen LogP contribution in [0, 0.1) is 0 Å². The molecule has 0 aromatic heterocycles. The Morgan fingerprint density at radius 3 is 2.75 bits per heavy atom. The lowest BCUT2D eigenvalue weighted by Gasteiger charge is -2.03. The van der Waals surface area contributed by atoms with Gasteiger partial charge in [0.2, 0.25) is 0 Å². The molecule has 102 valence electrons. The van der Waals surface area contributed by atoms with Crippen molar-refractivity contribution in [2.75, 3.05) is 12.8 Å². The largest absolute Gasteiger partial charge is 0.504 e. The van der Waals surface area contributed by atoms with Crippen molar-refractivity contribution >= 4 is 17.5 Å². The van der Waals surface area contributed by atoms with Gasteiger partial charge in [-0.05, 0) is 35.9 Å². The SMILES string of the molecule is COc1cc(/C=C/C(=O)c2cccc(N)c2)ccc1O. The number of hydrogen-bond acceptors (Lipinski definition) is 4. The summed E-state index contributed by atoms with van der Waals surface area (Å²) in [5, 5.41) is 9.49. The molecule has 2 aromatic rings. The standard InChI is InChI=1S/C16H15NO3/c1-20-16-9-11(6-8-15(16)19)5-7-14(18)12-3-2-4-13(17)10-12/h2-10,19H,17H2,1H3/b7-5+. The van der Waals surface area contributed by atoms with E-state index < -0.39 is 0 Å². The number of anilines is 1. The van der Waals surface area contributed by atoms with Crippen molar-refractivity contribution in [2.45, 2.75) is 0 Å². The molecule has 0 amide bonds. The molecule has 2 aromatic carbocycles. The molecule has 0 fully saturated rings. The van der Waals surface area contributed by atoms with Crippen molar-refractivity contribution in [1.29, 1.82) is 0 Å². The Hall–Kier alpha value is -2.75. The first kappa shape index (κ1) is 13.7. The van der Waals surface area contributed by atoms with Crippen LogP contribution in [0.3, 0.4) is 0 Å². The van der Waals surface area contributed by atoms with E-state index >= 15 is 0 Å². The number of nitrogens with two attached hydrogens (primary N) is 1. The number of hydrogen-bond donors (Lipinski definition) is 2. The van der Waals surface area contributed by atoms with Gasteiger partial charge < -0.3 is 15.6 Å². The van der Waals surface area contributed by atoms with Crippen molar-refractivity contribution in [2.24, 2.45) is 0 Å². The minimum Gasteiger partial charge on any atom is -0.504 e. The number of ketones is 1. The van der Waals surface area contributed by atoms with Crippen LogP contribution in [0.5, 0.6) is 11.5 Å². The van der Waals surface area contributed by atoms with Crippen LogP contribution in [-0.4, -0.2) is 18.0 Å². The predicted octanol–water partition coefficient (Wildman–Crippen LogP) is 2.88. The molecule has 0 saturated carbocycles. The number of benzene rings is 2. The highest BCUT2D eigenvalue weighted by Gasteiger charge is 2.03. The molecule has 20 heavy (non-hydrogen) atoms. The third kappa shape index (κ3) is 3.17. The number of allylic oxidation sites excluding steroid dienone is 1. The molecule has 0 unspecified atom stereocenters. The molecule has 0 aliphatic carbocycles. The number of rotatable bonds is 4. The zero-order valence-electron chi connectivity index (χ0n) is 11.0. The first-order chi connectivity index (χ1) is 9.60. The molecule has 0 aliphatic heterocycles. The van der Waals surface area contributed by atoms with E-state index in [9.17, 15) is 9.90 Å². The summed E-state index contributed by atoms with van der Waals surface area (Å²) in [5.41, 5.74) is 7.48. The smallest absolute Gasteiger partial charge is 0.185 e. The summed E-state index contributed by atoms with van der Waals surface area (Å²) in [6.45, 7) is 0. The van der Waals surface area contributed by atoms with E-state index in [0.29, 0.717) is 17.0 Å². The average Bonchev–Trinajstić information content (AvgIpc) is 2.46. The topological polar surface area (TPSA) is 72.5 Å². The van der Waals surface area contributed by atoms with Gasteiger partial charge in [-0.15, -0.1) is 0 Å². The molecule has 0 radical (unpaired) electrons. The fourth-order valence-electron chi connectivity index (χ4n) is 1.76. The summed E-state index contributed by atoms with van der Waals surface area (Å²) in [5.74, 6) is 0.291. The molecule has 0 aliphatic rings. The summed E-state index contributed by atoms with van der Waals surface area (Å²) in [7, 11) is 1.47. The van der Waals surface area contributed by atoms with Crippen molar-refractivity contribution in [3.63, 3.8) is 0 Å². The molecule has 0 bridgehead atoms. The van der Waals surface area contributed by atoms with Crippen LogP contribution in [0.25, 0.3) is 6.08 Å². The number of aromatic hydroxyl groups is 1. The van der Waals surface area contributed by atoms with Crippen LogP contribution in [0.2, 0.25) is 0 Å². The Morgan fingerprint density at radius 2 is 2.05 bits per heavy atom. The van der Waals surface area contributed by atoms with E-state index in [0.717, 1.165) is 5.56 Å². The van der Waals surface area contributed by atoms with Gasteiger partial charge in [-0.3, -0.25) is 4.79 Å². The molecular weight excluding hydrogens is 254 g/mol. The van der Waals surface area contributed by atoms with Crippen LogP contribution < -0.4 is 10.5 Å². The Bertz CT molecular complexity index is 663. The van der Waals surface area contributed by atoms with Gasteiger partial charge in [0.05, 0.1) is 7.11 Å². The predicted molar refractivity (Wildman–Crippen MR) is 78.9 cm³/mol. The average molecular weight is 269 g/mol. The van der Waals surface area contributed by atoms with Crippen LogP contribution in [0.4, 0.5) is 5.69 Å². The van der Waals surface area contributed by atoms with Crippen molar-refractivity contribution in [3.8, 4) is 11.5 Å². The van der Waals surface area contributed by atoms with E-state index in [-0.39, 0.29) is 11.5 Å². The number of nitrogen functional groups attached to an aromatic ring is 1. The highest BCUT2D eigenvalue weighted by atomic mass is 16.5. The minimum absolute atomic E-state index is 0.0619. The highest BCUT2D eigenvalue weighted by Crippen LogP contribution is 2.26. The lowest BCUT2D eigenvalue weighted by Crippen LogP contribution is -1.95. The van der Waals surface area contributed by atoms with Gasteiger partial charge in [-0.2, -0.15) is 0 Å². The van der Waals surface area contributed by atoms with Gasteiger partial charge in [0.25, 0.3) is 0 Å². The second-order valence-electron chi connectivity index (χ2n) is 4.25. The first-order valence-electron chi connectivity index (χ1n) is 6.05. The second-order valence-corrected chi connectivity index (χ2v) is 4.25. The molecule has 0 saturated heterocycles. The maximum atomic E-state index is 12.0. The highest BCUT2D eigenvalue weighted by molar-refractivity contribution is 6.07. The number of carbonyl (C=O) groups is 1. The summed E-state index contributed by atoms with van der Waals surface area (Å²) in [6, 6.07) is 11.7. The van der Waals surface area contributed by atoms with Gasteiger partial charge >= 0.3 is 0 Å². The molecule has 0 atom stereocenters. The Balaban J connectivity index is 2.19. The van der Waals surface area contributed by atoms with Crippen molar-refractivity contribution in [3.05, 3.63) is 59.7 Å². The van der Waals surface area contributed by atoms with Crippen LogP contribution in [0.15, 0.2) is 48.5 Å². The van der Waals surface area contributed by atoms with Crippen molar-refractivity contribution in [1.82, 2.24) is 0 Å². The maximum absolute atomic E-state index is 12.0. The summed E-state index contributed by atoms with van der Waals surface area (Å²) in [6.07, 6.45) is 3.12. The number of phenolic OH excluding ortho intramolecular Hbond substituents is 1. The normalized spacial score (nSPS) is 10.7. The molecule has 4 nitrogen and oxygen atoms in total. The Labute approximate surface area is 117 Å². The van der Waals surface area contributed by atoms with E-state index in [2.05, 4.69) is 0 Å². The van der Waals surface area contributed by atoms with Gasteiger partial charge in [0.15, 0.2) is 17.3 Å². The molecule has 2 rings (SSSR count). The number of ether oxygens (including phenoxy) is 1. The van der Waals surface area contributed by atoms with Crippen LogP contribution in [0.1, 0.15) is 15.9 Å². The van der Waals surface area contributed by atoms with E-state index in [4.69, 9.17) is 10.5 Å². The minimum atomic E-state index is -0.135. The third-order valence-electron chi connectivity index (χ3n) is 2.80. The number of phenols is 1. The molecule has 3 N–H and O–H groups in total. The summed E-state index contributed by atoms with van der Waals surface area (Å²) in [4.78, 5) is 12.0. The number of carbonyl (C=O) groups excluding carboxylic acids is 1. The first-order valence-corrected chi connectivity index (χ1v) is 6.05. The monoisotopic (exact) mass is 269 g/mol. The number of methoxy groups -OCH3 is 1. The Morgan fingerprint density at radius 1 is 1.25 bits per heavy atom. The third-order valence-corrected chi connectivity index (χ3v) is 2.80. The van der Waals surface area contributed by atoms with Gasteiger partial charge in [-0.1, -0.05) is 24.3 Å². The molecule has 0 heterocycles. The summed E-state index contributed by atoms with van der Waals surface area (Å²) >= 11 is 0. The van der Waals surface area contributed by atoms with Gasteiger partial charge in [-0.25, -0.2) is 0 Å². The quantitative estimate of drug-likeness (QED) is 0.508. The van der Waals surface area contributed by atoms with Crippen molar-refractivity contribution < 1.29 is 14.6 Å². The lowest BCUT2D eigenvalue weighted by atomic mass is 10.1. The van der Waals surface area contributed by atoms with E-state index in [1.165, 1.54) is 19.3 Å². The van der Waals surface area contributed by atoms with Crippen LogP contribution >= 0.6 is 0 Å². The maximum Gasteiger partial charge on any atom is 0.185 e. The van der Waals surface area contributed by atoms with E-state index in [1.54, 1.807) is 42.5 Å². The van der Waals surface area contributed by atoms with Gasteiger partial charge in [0, 0.05) is 11.3 Å². The Kier molecular flexibility index (Phi) is 4.05. The molecular formula is C16H15NO3. The second kappa shape index (κ2) is 5.93.